The molecule has 1 N–H and O–H groups in total. The van der Waals surface area contributed by atoms with Crippen LogP contribution in [0.2, 0.25) is 0 Å². The molecule has 1 atom stereocenters. The number of anilines is 1. The molecule has 37 heavy (non-hydrogen) atoms. The monoisotopic (exact) mass is 521 g/mol. The fourth-order valence-electron chi connectivity index (χ4n) is 4.04. The molecule has 0 aliphatic heterocycles. The van der Waals surface area contributed by atoms with Crippen molar-refractivity contribution >= 4 is 27.5 Å². The van der Waals surface area contributed by atoms with Crippen LogP contribution in [0.1, 0.15) is 34.7 Å². The molecule has 0 fully saturated rings. The Morgan fingerprint density at radius 3 is 2.00 bits per heavy atom. The Morgan fingerprint density at radius 1 is 0.865 bits per heavy atom. The van der Waals surface area contributed by atoms with Gasteiger partial charge in [-0.2, -0.15) is 0 Å². The lowest BCUT2D eigenvalue weighted by Crippen LogP contribution is -2.50. The second-order valence-electron chi connectivity index (χ2n) is 9.34. The number of carbonyl (C=O) groups is 2. The number of carbonyl (C=O) groups excluding carboxylic acids is 2. The molecule has 0 saturated heterocycles. The molecule has 0 aliphatic carbocycles. The highest BCUT2D eigenvalue weighted by Gasteiger charge is 2.33. The fraction of sp³-hybridized carbons (Fsp3) is 0.310. The zero-order valence-electron chi connectivity index (χ0n) is 22.3. The van der Waals surface area contributed by atoms with E-state index in [1.807, 2.05) is 58.0 Å². The zero-order chi connectivity index (χ0) is 27.3. The average molecular weight is 522 g/mol. The van der Waals surface area contributed by atoms with E-state index >= 15 is 0 Å². The molecule has 2 amide bonds. The number of amides is 2. The number of benzene rings is 3. The first-order valence-corrected chi connectivity index (χ1v) is 13.6. The van der Waals surface area contributed by atoms with Gasteiger partial charge < -0.3 is 10.2 Å². The Labute approximate surface area is 220 Å². The van der Waals surface area contributed by atoms with Crippen LogP contribution in [0.3, 0.4) is 0 Å². The van der Waals surface area contributed by atoms with Gasteiger partial charge in [-0.25, -0.2) is 8.42 Å². The minimum Gasteiger partial charge on any atom is -0.357 e. The number of nitrogens with one attached hydrogen (secondary N) is 1. The quantitative estimate of drug-likeness (QED) is 0.455. The predicted molar refractivity (Wildman–Crippen MR) is 147 cm³/mol. The number of nitrogens with zero attached hydrogens (tertiary/aromatic N) is 2. The van der Waals surface area contributed by atoms with Crippen LogP contribution in [0.25, 0.3) is 0 Å². The number of likely N-dealkylation sites (N-methyl/N-ethyl adjacent to an activating group) is 1. The lowest BCUT2D eigenvalue weighted by atomic mass is 10.1. The summed E-state index contributed by atoms with van der Waals surface area (Å²) in [5.41, 5.74) is 4.94. The topological polar surface area (TPSA) is 86.8 Å². The summed E-state index contributed by atoms with van der Waals surface area (Å²) in [6.07, 6.45) is 0. The van der Waals surface area contributed by atoms with E-state index in [9.17, 15) is 18.0 Å². The summed E-state index contributed by atoms with van der Waals surface area (Å²) in [4.78, 5) is 27.9. The van der Waals surface area contributed by atoms with E-state index in [4.69, 9.17) is 0 Å². The van der Waals surface area contributed by atoms with Gasteiger partial charge >= 0.3 is 0 Å². The van der Waals surface area contributed by atoms with Crippen molar-refractivity contribution in [2.75, 3.05) is 17.9 Å². The van der Waals surface area contributed by atoms with E-state index in [1.165, 1.54) is 11.9 Å². The molecule has 0 heterocycles. The van der Waals surface area contributed by atoms with Gasteiger partial charge in [0.25, 0.3) is 10.0 Å². The maximum absolute atomic E-state index is 13.9. The van der Waals surface area contributed by atoms with E-state index in [2.05, 4.69) is 5.32 Å². The summed E-state index contributed by atoms with van der Waals surface area (Å²) in [5, 5.41) is 2.59. The largest absolute Gasteiger partial charge is 0.357 e. The van der Waals surface area contributed by atoms with Crippen LogP contribution in [0, 0.1) is 27.7 Å². The third-order valence-corrected chi connectivity index (χ3v) is 8.39. The summed E-state index contributed by atoms with van der Waals surface area (Å²) in [6.45, 7) is 8.94. The van der Waals surface area contributed by atoms with Crippen LogP contribution < -0.4 is 9.62 Å². The van der Waals surface area contributed by atoms with Gasteiger partial charge in [0.15, 0.2) is 0 Å². The van der Waals surface area contributed by atoms with Crippen molar-refractivity contribution in [1.82, 2.24) is 10.2 Å². The van der Waals surface area contributed by atoms with Gasteiger partial charge in [-0.05, 0) is 69.5 Å². The summed E-state index contributed by atoms with van der Waals surface area (Å²) < 4.78 is 28.9. The van der Waals surface area contributed by atoms with Crippen molar-refractivity contribution < 1.29 is 18.0 Å². The highest BCUT2D eigenvalue weighted by Crippen LogP contribution is 2.29. The molecule has 7 nitrogen and oxygen atoms in total. The second kappa shape index (κ2) is 11.6. The molecule has 3 aromatic rings. The summed E-state index contributed by atoms with van der Waals surface area (Å²) in [6, 6.07) is 18.8. The molecule has 3 aromatic carbocycles. The number of sulfonamides is 1. The highest BCUT2D eigenvalue weighted by atomic mass is 32.2. The van der Waals surface area contributed by atoms with Crippen LogP contribution in [0.4, 0.5) is 5.69 Å². The molecule has 1 unspecified atom stereocenters. The van der Waals surface area contributed by atoms with Gasteiger partial charge in [0.05, 0.1) is 10.6 Å². The van der Waals surface area contributed by atoms with Gasteiger partial charge in [0, 0.05) is 13.6 Å². The van der Waals surface area contributed by atoms with E-state index < -0.39 is 28.5 Å². The third kappa shape index (κ3) is 6.38. The zero-order valence-corrected chi connectivity index (χ0v) is 23.1. The normalized spacial score (nSPS) is 12.1. The van der Waals surface area contributed by atoms with Crippen molar-refractivity contribution in [1.29, 1.82) is 0 Å². The lowest BCUT2D eigenvalue weighted by Gasteiger charge is -2.32. The van der Waals surface area contributed by atoms with E-state index in [-0.39, 0.29) is 17.3 Å². The second-order valence-corrected chi connectivity index (χ2v) is 11.2. The van der Waals surface area contributed by atoms with Gasteiger partial charge in [-0.1, -0.05) is 59.7 Å². The molecule has 0 aromatic heterocycles. The Hall–Kier alpha value is -3.65. The standard InChI is InChI=1S/C29H35N3O4S/c1-20-10-14-25(15-11-20)18-31(24(5)29(34)30-6)28(33)19-32(27-9-7-8-22(3)23(27)4)37(35,36)26-16-12-21(2)13-17-26/h7-17,24H,18-19H2,1-6H3,(H,30,34). The first-order valence-electron chi connectivity index (χ1n) is 12.2. The number of hydrogen-bond acceptors (Lipinski definition) is 4. The van der Waals surface area contributed by atoms with Crippen molar-refractivity contribution in [3.8, 4) is 0 Å². The van der Waals surface area contributed by atoms with Crippen LogP contribution in [-0.4, -0.2) is 44.8 Å². The van der Waals surface area contributed by atoms with Crippen molar-refractivity contribution in [3.63, 3.8) is 0 Å². The number of rotatable bonds is 9. The lowest BCUT2D eigenvalue weighted by molar-refractivity contribution is -0.139. The smallest absolute Gasteiger partial charge is 0.264 e. The fourth-order valence-corrected chi connectivity index (χ4v) is 5.51. The SMILES string of the molecule is CNC(=O)C(C)N(Cc1ccc(C)cc1)C(=O)CN(c1cccc(C)c1C)S(=O)(=O)c1ccc(C)cc1. The van der Waals surface area contributed by atoms with Crippen molar-refractivity contribution in [2.24, 2.45) is 0 Å². The molecule has 0 aliphatic rings. The van der Waals surface area contributed by atoms with E-state index in [1.54, 1.807) is 43.3 Å². The Morgan fingerprint density at radius 2 is 1.43 bits per heavy atom. The van der Waals surface area contributed by atoms with Gasteiger partial charge in [-0.3, -0.25) is 13.9 Å². The molecule has 3 rings (SSSR count). The average Bonchev–Trinajstić information content (AvgIpc) is 2.88. The predicted octanol–water partition coefficient (Wildman–Crippen LogP) is 4.28. The van der Waals surface area contributed by atoms with Gasteiger partial charge in [-0.15, -0.1) is 0 Å². The Bertz CT molecular complexity index is 1370. The highest BCUT2D eigenvalue weighted by molar-refractivity contribution is 7.92. The van der Waals surface area contributed by atoms with Crippen LogP contribution >= 0.6 is 0 Å². The molecule has 0 saturated carbocycles. The molecule has 196 valence electrons. The molecule has 0 radical (unpaired) electrons. The van der Waals surface area contributed by atoms with Crippen LogP contribution in [0.15, 0.2) is 71.6 Å². The van der Waals surface area contributed by atoms with E-state index in [0.29, 0.717) is 5.69 Å². The Kier molecular flexibility index (Phi) is 8.76. The summed E-state index contributed by atoms with van der Waals surface area (Å²) >= 11 is 0. The molecular weight excluding hydrogens is 486 g/mol. The Balaban J connectivity index is 2.07. The van der Waals surface area contributed by atoms with Gasteiger partial charge in [0.1, 0.15) is 12.6 Å². The van der Waals surface area contributed by atoms with Gasteiger partial charge in [0.2, 0.25) is 11.8 Å². The van der Waals surface area contributed by atoms with Crippen LogP contribution in [-0.2, 0) is 26.2 Å². The van der Waals surface area contributed by atoms with Crippen LogP contribution in [0.5, 0.6) is 0 Å². The van der Waals surface area contributed by atoms with Crippen molar-refractivity contribution in [2.45, 2.75) is 52.1 Å². The minimum absolute atomic E-state index is 0.0937. The maximum Gasteiger partial charge on any atom is 0.264 e. The molecule has 0 bridgehead atoms. The summed E-state index contributed by atoms with van der Waals surface area (Å²) in [7, 11) is -2.57. The molecular formula is C29H35N3O4S. The summed E-state index contributed by atoms with van der Waals surface area (Å²) in [5.74, 6) is -0.812. The van der Waals surface area contributed by atoms with Crippen molar-refractivity contribution in [3.05, 3.63) is 94.5 Å². The first kappa shape index (κ1) is 27.9. The first-order chi connectivity index (χ1) is 17.4. The maximum atomic E-state index is 13.9. The van der Waals surface area contributed by atoms with E-state index in [0.717, 1.165) is 32.1 Å². The number of aryl methyl sites for hydroxylation is 3. The molecule has 0 spiro atoms. The molecule has 8 heteroatoms. The minimum atomic E-state index is -4.08. The third-order valence-electron chi connectivity index (χ3n) is 6.62. The number of hydrogen-bond donors (Lipinski definition) is 1.